The van der Waals surface area contributed by atoms with Gasteiger partial charge in [0.25, 0.3) is 0 Å². The number of ether oxygens (including phenoxy) is 1. The van der Waals surface area contributed by atoms with Gasteiger partial charge in [0.05, 0.1) is 17.1 Å². The molecule has 0 rings (SSSR count). The predicted molar refractivity (Wildman–Crippen MR) is 109 cm³/mol. The van der Waals surface area contributed by atoms with E-state index in [0.29, 0.717) is 31.6 Å². The molecule has 0 atom stereocenters. The van der Waals surface area contributed by atoms with Gasteiger partial charge in [0.15, 0.2) is 15.8 Å². The number of nitrogens with zero attached hydrogens (tertiary/aromatic N) is 1. The number of nitrogens with one attached hydrogen (secondary N) is 2. The van der Waals surface area contributed by atoms with E-state index in [4.69, 9.17) is 4.74 Å². The van der Waals surface area contributed by atoms with Crippen LogP contribution in [0.15, 0.2) is 4.99 Å². The summed E-state index contributed by atoms with van der Waals surface area (Å²) in [7, 11) is -1.45. The molecule has 0 aliphatic carbocycles. The highest BCUT2D eigenvalue weighted by Crippen LogP contribution is 2.15. The van der Waals surface area contributed by atoms with Gasteiger partial charge in [0, 0.05) is 26.7 Å². The van der Waals surface area contributed by atoms with Crippen LogP contribution in [0.5, 0.6) is 0 Å². The van der Waals surface area contributed by atoms with Crippen LogP contribution in [0.25, 0.3) is 0 Å². The summed E-state index contributed by atoms with van der Waals surface area (Å²) in [6.07, 6.45) is 1.05. The molecule has 0 unspecified atom stereocenters. The fourth-order valence-corrected chi connectivity index (χ4v) is 2.48. The van der Waals surface area contributed by atoms with Crippen molar-refractivity contribution in [1.82, 2.24) is 10.6 Å². The van der Waals surface area contributed by atoms with Crippen LogP contribution in [0.3, 0.4) is 0 Å². The van der Waals surface area contributed by atoms with Crippen molar-refractivity contribution in [3.05, 3.63) is 0 Å². The lowest BCUT2D eigenvalue weighted by atomic mass is 10.1. The highest BCUT2D eigenvalue weighted by Gasteiger charge is 2.28. The Morgan fingerprint density at radius 2 is 1.70 bits per heavy atom. The fraction of sp³-hybridized carbons (Fsp3) is 0.933. The monoisotopic (exact) mass is 463 g/mol. The molecule has 0 amide bonds. The smallest absolute Gasteiger partial charge is 0.191 e. The van der Waals surface area contributed by atoms with E-state index in [0.717, 1.165) is 13.0 Å². The van der Waals surface area contributed by atoms with Gasteiger partial charge in [-0.05, 0) is 33.1 Å². The molecular weight excluding hydrogens is 429 g/mol. The number of halogens is 1. The largest absolute Gasteiger partial charge is 0.380 e. The maximum atomic E-state index is 12.0. The van der Waals surface area contributed by atoms with E-state index >= 15 is 0 Å². The predicted octanol–water partition coefficient (Wildman–Crippen LogP) is 2.05. The Balaban J connectivity index is 0. The molecule has 0 aromatic carbocycles. The van der Waals surface area contributed by atoms with E-state index in [1.165, 1.54) is 0 Å². The Morgan fingerprint density at radius 3 is 2.17 bits per heavy atom. The molecule has 0 aromatic heterocycles. The van der Waals surface area contributed by atoms with Crippen molar-refractivity contribution in [1.29, 1.82) is 0 Å². The van der Waals surface area contributed by atoms with Crippen molar-refractivity contribution in [3.8, 4) is 0 Å². The molecule has 0 fully saturated rings. The van der Waals surface area contributed by atoms with Crippen molar-refractivity contribution in [2.24, 2.45) is 10.9 Å². The standard InChI is InChI=1S/C15H33N3O3S.HI/c1-13(2)7-10-21-11-8-17-14(16-6)18-9-12-22(19,20)15(3,4)5;/h13H,7-12H2,1-6H3,(H2,16,17,18);1H. The lowest BCUT2D eigenvalue weighted by molar-refractivity contribution is 0.128. The molecule has 23 heavy (non-hydrogen) atoms. The van der Waals surface area contributed by atoms with E-state index < -0.39 is 14.6 Å². The molecule has 0 radical (unpaired) electrons. The summed E-state index contributed by atoms with van der Waals surface area (Å²) in [4.78, 5) is 4.06. The van der Waals surface area contributed by atoms with Gasteiger partial charge in [-0.3, -0.25) is 4.99 Å². The van der Waals surface area contributed by atoms with E-state index in [1.807, 2.05) is 0 Å². The average molecular weight is 463 g/mol. The second-order valence-corrected chi connectivity index (χ2v) is 9.51. The van der Waals surface area contributed by atoms with Crippen molar-refractivity contribution >= 4 is 39.8 Å². The number of guanidine groups is 1. The summed E-state index contributed by atoms with van der Waals surface area (Å²) in [5.41, 5.74) is 0. The first kappa shape index (κ1) is 25.2. The van der Waals surface area contributed by atoms with Gasteiger partial charge < -0.3 is 15.4 Å². The third kappa shape index (κ3) is 12.0. The number of aliphatic imine (C=N–C) groups is 1. The van der Waals surface area contributed by atoms with Gasteiger partial charge in [0.1, 0.15) is 0 Å². The zero-order valence-corrected chi connectivity index (χ0v) is 18.5. The molecule has 6 nitrogen and oxygen atoms in total. The topological polar surface area (TPSA) is 79.8 Å². The van der Waals surface area contributed by atoms with Gasteiger partial charge in [-0.2, -0.15) is 0 Å². The first-order valence-electron chi connectivity index (χ1n) is 7.84. The van der Waals surface area contributed by atoms with Gasteiger partial charge in [-0.25, -0.2) is 8.42 Å². The Bertz CT molecular complexity index is 432. The lowest BCUT2D eigenvalue weighted by Crippen LogP contribution is -2.42. The quantitative estimate of drug-likeness (QED) is 0.237. The maximum absolute atomic E-state index is 12.0. The first-order valence-corrected chi connectivity index (χ1v) is 9.50. The van der Waals surface area contributed by atoms with Crippen LogP contribution < -0.4 is 10.6 Å². The van der Waals surface area contributed by atoms with Crippen LogP contribution in [0.4, 0.5) is 0 Å². The molecule has 0 heterocycles. The van der Waals surface area contributed by atoms with Crippen LogP contribution in [0.2, 0.25) is 0 Å². The van der Waals surface area contributed by atoms with Crippen LogP contribution in [0.1, 0.15) is 41.0 Å². The van der Waals surface area contributed by atoms with E-state index in [-0.39, 0.29) is 29.7 Å². The molecule has 0 aliphatic heterocycles. The molecule has 0 bridgehead atoms. The molecule has 0 spiro atoms. The average Bonchev–Trinajstić information content (AvgIpc) is 2.38. The van der Waals surface area contributed by atoms with Crippen LogP contribution in [0, 0.1) is 5.92 Å². The molecule has 0 aromatic rings. The fourth-order valence-electron chi connectivity index (χ4n) is 1.49. The minimum atomic E-state index is -3.11. The Labute approximate surface area is 159 Å². The molecule has 0 aliphatic rings. The molecule has 8 heteroatoms. The number of hydrogen-bond donors (Lipinski definition) is 2. The minimum absolute atomic E-state index is 0. The highest BCUT2D eigenvalue weighted by atomic mass is 127. The number of rotatable bonds is 9. The van der Waals surface area contributed by atoms with Crippen LogP contribution >= 0.6 is 24.0 Å². The van der Waals surface area contributed by atoms with Gasteiger partial charge in [0.2, 0.25) is 0 Å². The second kappa shape index (κ2) is 12.3. The van der Waals surface area contributed by atoms with E-state index in [2.05, 4.69) is 29.5 Å². The molecular formula is C15H34IN3O3S. The molecule has 0 saturated carbocycles. The third-order valence-corrected chi connectivity index (χ3v) is 5.81. The summed E-state index contributed by atoms with van der Waals surface area (Å²) < 4.78 is 28.8. The maximum Gasteiger partial charge on any atom is 0.191 e. The van der Waals surface area contributed by atoms with E-state index in [1.54, 1.807) is 27.8 Å². The van der Waals surface area contributed by atoms with E-state index in [9.17, 15) is 8.42 Å². The van der Waals surface area contributed by atoms with Gasteiger partial charge in [-0.1, -0.05) is 13.8 Å². The van der Waals surface area contributed by atoms with Crippen LogP contribution in [-0.2, 0) is 14.6 Å². The van der Waals surface area contributed by atoms with Crippen LogP contribution in [-0.4, -0.2) is 58.2 Å². The normalized spacial score (nSPS) is 12.9. The first-order chi connectivity index (χ1) is 10.1. The molecule has 140 valence electrons. The molecule has 0 saturated heterocycles. The Hall–Kier alpha value is -0.0900. The Kier molecular flexibility index (Phi) is 13.4. The summed E-state index contributed by atoms with van der Waals surface area (Å²) in [5.74, 6) is 1.32. The van der Waals surface area contributed by atoms with Crippen molar-refractivity contribution in [3.63, 3.8) is 0 Å². The van der Waals surface area contributed by atoms with Crippen molar-refractivity contribution in [2.45, 2.75) is 45.8 Å². The summed E-state index contributed by atoms with van der Waals surface area (Å²) in [6.45, 7) is 11.8. The van der Waals surface area contributed by atoms with Crippen molar-refractivity contribution < 1.29 is 13.2 Å². The summed E-state index contributed by atoms with van der Waals surface area (Å²) in [5, 5.41) is 6.11. The lowest BCUT2D eigenvalue weighted by Gasteiger charge is -2.19. The number of sulfone groups is 1. The SMILES string of the molecule is CN=C(NCCOCCC(C)C)NCCS(=O)(=O)C(C)(C)C.I. The van der Waals surface area contributed by atoms with Gasteiger partial charge in [-0.15, -0.1) is 24.0 Å². The van der Waals surface area contributed by atoms with Gasteiger partial charge >= 0.3 is 0 Å². The zero-order valence-electron chi connectivity index (χ0n) is 15.3. The minimum Gasteiger partial charge on any atom is -0.380 e. The summed E-state index contributed by atoms with van der Waals surface area (Å²) >= 11 is 0. The zero-order chi connectivity index (χ0) is 17.2. The third-order valence-electron chi connectivity index (χ3n) is 3.20. The molecule has 2 N–H and O–H groups in total. The van der Waals surface area contributed by atoms with Crippen molar-refractivity contribution in [2.75, 3.05) is 39.1 Å². The highest BCUT2D eigenvalue weighted by molar-refractivity contribution is 14.0. The number of hydrogen-bond acceptors (Lipinski definition) is 4. The second-order valence-electron chi connectivity index (χ2n) is 6.65. The summed E-state index contributed by atoms with van der Waals surface area (Å²) in [6, 6.07) is 0. The Morgan fingerprint density at radius 1 is 1.13 bits per heavy atom.